The molecule has 172 valence electrons. The van der Waals surface area contributed by atoms with Crippen molar-refractivity contribution in [2.45, 2.75) is 61.8 Å². The van der Waals surface area contributed by atoms with Crippen molar-refractivity contribution >= 4 is 15.7 Å². The Bertz CT molecular complexity index is 1210. The second-order valence-corrected chi connectivity index (χ2v) is 11.0. The van der Waals surface area contributed by atoms with Crippen molar-refractivity contribution in [3.8, 4) is 0 Å². The third-order valence-corrected chi connectivity index (χ3v) is 7.26. The molecule has 2 N–H and O–H groups in total. The van der Waals surface area contributed by atoms with E-state index in [4.69, 9.17) is 0 Å². The minimum absolute atomic E-state index is 0.0439. The highest BCUT2D eigenvalue weighted by atomic mass is 32.2. The SMILES string of the molecule is CC[C@]1(c2cccc(S(C)(=O)=O)c2)C2=C(CC(C)(C)NC2=O)NC2N=NC(C(F)(F)F)=C21. The molecule has 0 aromatic heterocycles. The summed E-state index contributed by atoms with van der Waals surface area (Å²) in [5.74, 6) is -0.505. The molecule has 4 rings (SSSR count). The number of azo groups is 1. The maximum atomic E-state index is 14.0. The number of carbonyl (C=O) groups is 1. The molecule has 1 unspecified atom stereocenters. The zero-order valence-electron chi connectivity index (χ0n) is 18.0. The molecule has 0 bridgehead atoms. The number of nitrogens with zero attached hydrogens (tertiary/aromatic N) is 2. The van der Waals surface area contributed by atoms with Crippen LogP contribution in [0.15, 0.2) is 61.9 Å². The molecule has 7 nitrogen and oxygen atoms in total. The average Bonchev–Trinajstić information content (AvgIpc) is 3.09. The van der Waals surface area contributed by atoms with Crippen LogP contribution in [-0.2, 0) is 20.0 Å². The lowest BCUT2D eigenvalue weighted by molar-refractivity contribution is -0.120. The van der Waals surface area contributed by atoms with Crippen molar-refractivity contribution in [3.63, 3.8) is 0 Å². The molecule has 0 saturated heterocycles. The Morgan fingerprint density at radius 2 is 1.94 bits per heavy atom. The Morgan fingerprint density at radius 1 is 1.25 bits per heavy atom. The number of benzene rings is 1. The molecule has 3 heterocycles. The molecule has 1 aromatic rings. The molecule has 11 heteroatoms. The number of allylic oxidation sites excluding steroid dienone is 1. The summed E-state index contributed by atoms with van der Waals surface area (Å²) in [4.78, 5) is 13.3. The fourth-order valence-corrected chi connectivity index (χ4v) is 5.59. The van der Waals surface area contributed by atoms with Gasteiger partial charge in [-0.25, -0.2) is 8.42 Å². The van der Waals surface area contributed by atoms with Gasteiger partial charge in [0.25, 0.3) is 5.91 Å². The Morgan fingerprint density at radius 3 is 2.53 bits per heavy atom. The Balaban J connectivity index is 2.11. The number of amides is 1. The van der Waals surface area contributed by atoms with Crippen LogP contribution in [0, 0.1) is 0 Å². The van der Waals surface area contributed by atoms with Crippen LogP contribution in [0.25, 0.3) is 0 Å². The largest absolute Gasteiger partial charge is 0.435 e. The zero-order valence-corrected chi connectivity index (χ0v) is 18.8. The third kappa shape index (κ3) is 3.33. The molecule has 0 fully saturated rings. The second kappa shape index (κ2) is 6.90. The number of rotatable bonds is 3. The monoisotopic (exact) mass is 468 g/mol. The van der Waals surface area contributed by atoms with Crippen molar-refractivity contribution in [1.82, 2.24) is 10.6 Å². The number of halogens is 3. The minimum Gasteiger partial charge on any atom is -0.362 e. The summed E-state index contributed by atoms with van der Waals surface area (Å²) in [6.07, 6.45) is -4.45. The fraction of sp³-hybridized carbons (Fsp3) is 0.476. The van der Waals surface area contributed by atoms with Crippen LogP contribution in [0.2, 0.25) is 0 Å². The van der Waals surface area contributed by atoms with E-state index in [2.05, 4.69) is 20.9 Å². The molecule has 0 aliphatic carbocycles. The van der Waals surface area contributed by atoms with Gasteiger partial charge in [-0.15, -0.1) is 5.11 Å². The van der Waals surface area contributed by atoms with Gasteiger partial charge in [0.1, 0.15) is 0 Å². The highest BCUT2D eigenvalue weighted by Crippen LogP contribution is 2.54. The number of carbonyl (C=O) groups excluding carboxylic acids is 1. The van der Waals surface area contributed by atoms with Crippen LogP contribution < -0.4 is 10.6 Å². The fourth-order valence-electron chi connectivity index (χ4n) is 4.92. The van der Waals surface area contributed by atoms with Gasteiger partial charge in [-0.1, -0.05) is 19.1 Å². The molecule has 3 aliphatic heterocycles. The molecule has 2 atom stereocenters. The van der Waals surface area contributed by atoms with Gasteiger partial charge in [0.2, 0.25) is 0 Å². The first-order chi connectivity index (χ1) is 14.7. The Labute approximate surface area is 183 Å². The van der Waals surface area contributed by atoms with E-state index in [1.807, 2.05) is 13.8 Å². The van der Waals surface area contributed by atoms with E-state index in [0.29, 0.717) is 12.1 Å². The first-order valence-electron chi connectivity index (χ1n) is 10.1. The van der Waals surface area contributed by atoms with Crippen molar-refractivity contribution in [3.05, 3.63) is 52.4 Å². The van der Waals surface area contributed by atoms with Crippen molar-refractivity contribution in [2.24, 2.45) is 10.2 Å². The van der Waals surface area contributed by atoms with E-state index >= 15 is 0 Å². The molecule has 0 saturated carbocycles. The first-order valence-corrected chi connectivity index (χ1v) is 12.0. The van der Waals surface area contributed by atoms with Crippen molar-refractivity contribution in [1.29, 1.82) is 0 Å². The molecule has 1 amide bonds. The molecule has 3 aliphatic rings. The lowest BCUT2D eigenvalue weighted by Crippen LogP contribution is -2.58. The Kier molecular flexibility index (Phi) is 4.85. The van der Waals surface area contributed by atoms with E-state index in [9.17, 15) is 26.4 Å². The van der Waals surface area contributed by atoms with Gasteiger partial charge in [-0.05, 0) is 38.0 Å². The molecule has 0 radical (unpaired) electrons. The summed E-state index contributed by atoms with van der Waals surface area (Å²) in [6.45, 7) is 5.31. The molecular formula is C21H23F3N4O3S. The maximum absolute atomic E-state index is 14.0. The topological polar surface area (TPSA) is 100.0 Å². The number of alkyl halides is 3. The average molecular weight is 469 g/mol. The maximum Gasteiger partial charge on any atom is 0.435 e. The number of hydrogen-bond acceptors (Lipinski definition) is 6. The van der Waals surface area contributed by atoms with Gasteiger partial charge in [0.05, 0.1) is 15.9 Å². The first kappa shape index (κ1) is 22.5. The normalized spacial score (nSPS) is 27.1. The Hall–Kier alpha value is -2.69. The summed E-state index contributed by atoms with van der Waals surface area (Å²) in [6, 6.07) is 5.75. The lowest BCUT2D eigenvalue weighted by atomic mass is 9.61. The molecule has 32 heavy (non-hydrogen) atoms. The highest BCUT2D eigenvalue weighted by Gasteiger charge is 2.57. The second-order valence-electron chi connectivity index (χ2n) is 8.95. The van der Waals surface area contributed by atoms with Gasteiger partial charge in [-0.3, -0.25) is 4.79 Å². The number of sulfone groups is 1. The van der Waals surface area contributed by atoms with E-state index < -0.39 is 44.7 Å². The van der Waals surface area contributed by atoms with Crippen LogP contribution in [-0.4, -0.2) is 38.5 Å². The number of fused-ring (bicyclic) bond motifs is 1. The number of hydrogen-bond donors (Lipinski definition) is 2. The van der Waals surface area contributed by atoms with Gasteiger partial charge in [-0.2, -0.15) is 18.3 Å². The quantitative estimate of drug-likeness (QED) is 0.709. The summed E-state index contributed by atoms with van der Waals surface area (Å²) < 4.78 is 66.4. The summed E-state index contributed by atoms with van der Waals surface area (Å²) in [5, 5.41) is 13.2. The van der Waals surface area contributed by atoms with E-state index in [1.165, 1.54) is 18.2 Å². The van der Waals surface area contributed by atoms with Gasteiger partial charge in [0, 0.05) is 29.5 Å². The summed E-state index contributed by atoms with van der Waals surface area (Å²) >= 11 is 0. The van der Waals surface area contributed by atoms with E-state index in [1.54, 1.807) is 13.0 Å². The van der Waals surface area contributed by atoms with E-state index in [0.717, 1.165) is 6.26 Å². The van der Waals surface area contributed by atoms with Crippen LogP contribution >= 0.6 is 0 Å². The number of nitrogens with one attached hydrogen (secondary N) is 2. The van der Waals surface area contributed by atoms with Crippen LogP contribution in [0.5, 0.6) is 0 Å². The van der Waals surface area contributed by atoms with Gasteiger partial charge < -0.3 is 10.6 Å². The van der Waals surface area contributed by atoms with Gasteiger partial charge in [0.15, 0.2) is 21.7 Å². The third-order valence-electron chi connectivity index (χ3n) is 6.15. The zero-order chi connectivity index (χ0) is 23.7. The van der Waals surface area contributed by atoms with Crippen LogP contribution in [0.3, 0.4) is 0 Å². The summed E-state index contributed by atoms with van der Waals surface area (Å²) in [5.41, 5.74) is -2.62. The van der Waals surface area contributed by atoms with E-state index in [-0.39, 0.29) is 28.0 Å². The lowest BCUT2D eigenvalue weighted by Gasteiger charge is -2.48. The minimum atomic E-state index is -4.80. The predicted molar refractivity (Wildman–Crippen MR) is 110 cm³/mol. The molecule has 1 aromatic carbocycles. The summed E-state index contributed by atoms with van der Waals surface area (Å²) in [7, 11) is -3.64. The predicted octanol–water partition coefficient (Wildman–Crippen LogP) is 3.50. The van der Waals surface area contributed by atoms with Crippen molar-refractivity contribution < 1.29 is 26.4 Å². The standard InChI is InChI=1S/C21H23F3N4O3S/c1-5-20(11-7-6-8-12(9-11)32(4,30)31)14-13(10-19(2,3)26-18(14)29)25-17-15(20)16(27-28-17)21(22,23)24/h6-9,17,25H,5,10H2,1-4H3,(H,26,29)/t17?,20-/m0/s1. The highest BCUT2D eigenvalue weighted by molar-refractivity contribution is 7.90. The molecule has 0 spiro atoms. The van der Waals surface area contributed by atoms with Crippen molar-refractivity contribution in [2.75, 3.05) is 6.26 Å². The van der Waals surface area contributed by atoms with Crippen LogP contribution in [0.1, 0.15) is 39.2 Å². The van der Waals surface area contributed by atoms with Gasteiger partial charge >= 0.3 is 6.18 Å². The smallest absolute Gasteiger partial charge is 0.362 e. The van der Waals surface area contributed by atoms with Crippen LogP contribution in [0.4, 0.5) is 13.2 Å². The molecular weight excluding hydrogens is 445 g/mol.